The quantitative estimate of drug-likeness (QED) is 0.350. The second-order valence-corrected chi connectivity index (χ2v) is 10.7. The second kappa shape index (κ2) is 10.8. The second-order valence-electron chi connectivity index (χ2n) is 9.65. The van der Waals surface area contributed by atoms with Crippen molar-refractivity contribution in [3.63, 3.8) is 0 Å². The average Bonchev–Trinajstić information content (AvgIpc) is 3.21. The highest BCUT2D eigenvalue weighted by Crippen LogP contribution is 2.48. The van der Waals surface area contributed by atoms with E-state index < -0.39 is 0 Å². The molecule has 0 radical (unpaired) electrons. The number of halogens is 1. The van der Waals surface area contributed by atoms with Crippen LogP contribution >= 0.6 is 11.8 Å². The van der Waals surface area contributed by atoms with Gasteiger partial charge in [0.15, 0.2) is 0 Å². The first kappa shape index (κ1) is 25.7. The zero-order valence-electron chi connectivity index (χ0n) is 21.5. The number of aryl methyl sites for hydroxylation is 1. The van der Waals surface area contributed by atoms with Crippen LogP contribution in [0.1, 0.15) is 35.8 Å². The molecule has 4 aromatic rings. The first-order valence-electron chi connectivity index (χ1n) is 12.5. The molecule has 6 nitrogen and oxygen atoms in total. The number of amides is 2. The number of anilines is 1. The Morgan fingerprint density at radius 3 is 2.55 bits per heavy atom. The average molecular weight is 529 g/mol. The lowest BCUT2D eigenvalue weighted by Crippen LogP contribution is -2.44. The van der Waals surface area contributed by atoms with E-state index in [0.29, 0.717) is 11.5 Å². The van der Waals surface area contributed by atoms with Gasteiger partial charge in [0, 0.05) is 17.2 Å². The number of carbonyl (C=O) groups is 2. The highest BCUT2D eigenvalue weighted by atomic mass is 32.2. The lowest BCUT2D eigenvalue weighted by molar-refractivity contribution is -0.123. The molecular weight excluding hydrogens is 499 g/mol. The number of rotatable bonds is 6. The Hall–Kier alpha value is -3.91. The van der Waals surface area contributed by atoms with Gasteiger partial charge in [-0.2, -0.15) is 5.10 Å². The normalized spacial score (nSPS) is 15.3. The van der Waals surface area contributed by atoms with Crippen molar-refractivity contribution in [1.82, 2.24) is 15.1 Å². The maximum absolute atomic E-state index is 14.4. The van der Waals surface area contributed by atoms with Crippen molar-refractivity contribution in [3.05, 3.63) is 101 Å². The number of aromatic nitrogens is 2. The summed E-state index contributed by atoms with van der Waals surface area (Å²) in [6.07, 6.45) is 0. The Balaban J connectivity index is 1.81. The molecule has 0 aliphatic carbocycles. The molecule has 2 amide bonds. The topological polar surface area (TPSA) is 67.2 Å². The summed E-state index contributed by atoms with van der Waals surface area (Å²) in [5.41, 5.74) is 4.88. The highest BCUT2D eigenvalue weighted by molar-refractivity contribution is 8.00. The first-order valence-corrected chi connectivity index (χ1v) is 13.6. The fraction of sp³-hybridized carbons (Fsp3) is 0.233. The minimum absolute atomic E-state index is 0.0694. The van der Waals surface area contributed by atoms with Crippen molar-refractivity contribution in [1.29, 1.82) is 0 Å². The molecule has 0 saturated heterocycles. The summed E-state index contributed by atoms with van der Waals surface area (Å²) in [7, 11) is 0. The number of hydrogen-bond donors (Lipinski definition) is 1. The van der Waals surface area contributed by atoms with Crippen molar-refractivity contribution in [2.75, 3.05) is 17.2 Å². The first-order chi connectivity index (χ1) is 18.3. The van der Waals surface area contributed by atoms with Crippen LogP contribution in [0.3, 0.4) is 0 Å². The van der Waals surface area contributed by atoms with E-state index in [4.69, 9.17) is 5.10 Å². The summed E-state index contributed by atoms with van der Waals surface area (Å²) >= 11 is 1.42. The smallest absolute Gasteiger partial charge is 0.240 e. The van der Waals surface area contributed by atoms with Crippen LogP contribution in [-0.4, -0.2) is 39.9 Å². The van der Waals surface area contributed by atoms with Crippen LogP contribution < -0.4 is 10.2 Å². The minimum Gasteiger partial charge on any atom is -0.352 e. The molecule has 1 atom stereocenters. The molecule has 38 heavy (non-hydrogen) atoms. The number of nitrogens with one attached hydrogen (secondary N) is 1. The van der Waals surface area contributed by atoms with Gasteiger partial charge in [-0.25, -0.2) is 9.07 Å². The molecule has 2 heterocycles. The minimum atomic E-state index is -0.378. The monoisotopic (exact) mass is 528 g/mol. The van der Waals surface area contributed by atoms with Crippen LogP contribution in [0, 0.1) is 12.7 Å². The third-order valence-electron chi connectivity index (χ3n) is 6.29. The zero-order chi connectivity index (χ0) is 26.8. The SMILES string of the molecule is Cc1cccc(-n2nc(-c3ccccc3)c3c2N(CC(=O)NC(C)C)C(=O)CS[C@H]3c2cccc(F)c2)c1. The van der Waals surface area contributed by atoms with Crippen LogP contribution in [0.4, 0.5) is 10.2 Å². The number of carbonyl (C=O) groups excluding carboxylic acids is 2. The Morgan fingerprint density at radius 2 is 1.84 bits per heavy atom. The van der Waals surface area contributed by atoms with Crippen molar-refractivity contribution < 1.29 is 14.0 Å². The molecule has 8 heteroatoms. The van der Waals surface area contributed by atoms with E-state index in [2.05, 4.69) is 5.32 Å². The van der Waals surface area contributed by atoms with Gasteiger partial charge in [-0.1, -0.05) is 54.6 Å². The molecule has 1 aliphatic heterocycles. The van der Waals surface area contributed by atoms with Gasteiger partial charge >= 0.3 is 0 Å². The summed E-state index contributed by atoms with van der Waals surface area (Å²) in [5, 5.41) is 7.57. The van der Waals surface area contributed by atoms with E-state index >= 15 is 0 Å². The molecule has 194 valence electrons. The Labute approximate surface area is 225 Å². The summed E-state index contributed by atoms with van der Waals surface area (Å²) in [6, 6.07) is 24.0. The van der Waals surface area contributed by atoms with Crippen molar-refractivity contribution in [2.45, 2.75) is 32.1 Å². The number of fused-ring (bicyclic) bond motifs is 1. The van der Waals surface area contributed by atoms with E-state index in [1.165, 1.54) is 28.8 Å². The van der Waals surface area contributed by atoms with Crippen molar-refractivity contribution in [2.24, 2.45) is 0 Å². The zero-order valence-corrected chi connectivity index (χ0v) is 22.3. The number of thioether (sulfide) groups is 1. The third-order valence-corrected chi connectivity index (χ3v) is 7.54. The van der Waals surface area contributed by atoms with E-state index in [9.17, 15) is 14.0 Å². The van der Waals surface area contributed by atoms with Crippen LogP contribution in [0.2, 0.25) is 0 Å². The lowest BCUT2D eigenvalue weighted by Gasteiger charge is -2.24. The molecule has 0 spiro atoms. The Morgan fingerprint density at radius 1 is 1.08 bits per heavy atom. The molecule has 0 fully saturated rings. The predicted molar refractivity (Wildman–Crippen MR) is 150 cm³/mol. The fourth-order valence-corrected chi connectivity index (χ4v) is 5.90. The van der Waals surface area contributed by atoms with E-state index in [1.54, 1.807) is 10.7 Å². The maximum Gasteiger partial charge on any atom is 0.240 e. The van der Waals surface area contributed by atoms with Crippen LogP contribution in [0.5, 0.6) is 0 Å². The molecule has 5 rings (SSSR count). The molecule has 0 unspecified atom stereocenters. The summed E-state index contributed by atoms with van der Waals surface area (Å²) < 4.78 is 16.2. The molecule has 1 aliphatic rings. The summed E-state index contributed by atoms with van der Waals surface area (Å²) in [6.45, 7) is 5.61. The van der Waals surface area contributed by atoms with Crippen molar-refractivity contribution >= 4 is 29.4 Å². The Bertz CT molecular complexity index is 1480. The van der Waals surface area contributed by atoms with Gasteiger partial charge in [0.05, 0.1) is 22.4 Å². The molecule has 1 N–H and O–H groups in total. The summed E-state index contributed by atoms with van der Waals surface area (Å²) in [5.74, 6) is -0.153. The standard InChI is InChI=1S/C30H29FN4O2S/c1-19(2)32-25(36)17-34-26(37)18-38-29(22-12-8-13-23(31)16-22)27-28(21-10-5-4-6-11-21)33-35(30(27)34)24-14-7-9-20(3)15-24/h4-16,19,29H,17-18H2,1-3H3,(H,32,36)/t29-/m0/s1. The van der Waals surface area contributed by atoms with Crippen LogP contribution in [-0.2, 0) is 9.59 Å². The van der Waals surface area contributed by atoms with Gasteiger partial charge in [-0.15, -0.1) is 11.8 Å². The van der Waals surface area contributed by atoms with Crippen molar-refractivity contribution in [3.8, 4) is 16.9 Å². The Kier molecular flexibility index (Phi) is 7.33. The number of benzene rings is 3. The van der Waals surface area contributed by atoms with Gasteiger partial charge in [0.25, 0.3) is 0 Å². The largest absolute Gasteiger partial charge is 0.352 e. The molecule has 1 aromatic heterocycles. The third kappa shape index (κ3) is 5.22. The number of hydrogen-bond acceptors (Lipinski definition) is 4. The van der Waals surface area contributed by atoms with Crippen LogP contribution in [0.25, 0.3) is 16.9 Å². The molecule has 0 saturated carbocycles. The molecule has 3 aromatic carbocycles. The number of nitrogens with zero attached hydrogens (tertiary/aromatic N) is 3. The van der Waals surface area contributed by atoms with Gasteiger partial charge in [-0.05, 0) is 56.2 Å². The van der Waals surface area contributed by atoms with Gasteiger partial charge in [0.1, 0.15) is 18.2 Å². The van der Waals surface area contributed by atoms with Gasteiger partial charge in [0.2, 0.25) is 11.8 Å². The summed E-state index contributed by atoms with van der Waals surface area (Å²) in [4.78, 5) is 28.2. The van der Waals surface area contributed by atoms with Crippen LogP contribution in [0.15, 0.2) is 78.9 Å². The molecular formula is C30H29FN4O2S. The van der Waals surface area contributed by atoms with Gasteiger partial charge < -0.3 is 5.32 Å². The predicted octanol–water partition coefficient (Wildman–Crippen LogP) is 5.68. The lowest BCUT2D eigenvalue weighted by atomic mass is 9.99. The van der Waals surface area contributed by atoms with E-state index in [-0.39, 0.29) is 41.2 Å². The molecule has 0 bridgehead atoms. The van der Waals surface area contributed by atoms with E-state index in [1.807, 2.05) is 81.4 Å². The van der Waals surface area contributed by atoms with E-state index in [0.717, 1.165) is 27.9 Å². The highest BCUT2D eigenvalue weighted by Gasteiger charge is 2.37. The fourth-order valence-electron chi connectivity index (χ4n) is 4.71. The van der Waals surface area contributed by atoms with Gasteiger partial charge in [-0.3, -0.25) is 14.5 Å². The maximum atomic E-state index is 14.4.